The van der Waals surface area contributed by atoms with Crippen LogP contribution in [-0.2, 0) is 13.0 Å². The van der Waals surface area contributed by atoms with Gasteiger partial charge in [0.2, 0.25) is 5.95 Å². The Kier molecular flexibility index (Phi) is 7.10. The Hall–Kier alpha value is -3.48. The minimum absolute atomic E-state index is 0.562. The van der Waals surface area contributed by atoms with E-state index in [1.54, 1.807) is 27.5 Å². The fraction of sp³-hybridized carbons (Fsp3) is 0.273. The fourth-order valence-corrected chi connectivity index (χ4v) is 2.94. The third-order valence-electron chi connectivity index (χ3n) is 4.45. The molecule has 0 aliphatic carbocycles. The third-order valence-corrected chi connectivity index (χ3v) is 4.45. The van der Waals surface area contributed by atoms with Crippen molar-refractivity contribution in [2.45, 2.75) is 13.0 Å². The van der Waals surface area contributed by atoms with Crippen molar-refractivity contribution in [1.82, 2.24) is 9.97 Å². The molecular weight excluding hydrogens is 368 g/mol. The van der Waals surface area contributed by atoms with E-state index >= 15 is 0 Å². The van der Waals surface area contributed by atoms with E-state index in [0.717, 1.165) is 47.2 Å². The van der Waals surface area contributed by atoms with E-state index in [1.165, 1.54) is 0 Å². The van der Waals surface area contributed by atoms with Gasteiger partial charge in [0.05, 0.1) is 21.3 Å². The molecule has 0 unspecified atom stereocenters. The Balaban J connectivity index is 1.55. The molecule has 29 heavy (non-hydrogen) atoms. The molecule has 2 N–H and O–H groups in total. The molecule has 0 saturated heterocycles. The minimum Gasteiger partial charge on any atom is -0.496 e. The second-order valence-electron chi connectivity index (χ2n) is 6.30. The summed E-state index contributed by atoms with van der Waals surface area (Å²) in [6.07, 6.45) is 2.56. The molecular formula is C22H26N4O3. The first-order valence-corrected chi connectivity index (χ1v) is 9.37. The van der Waals surface area contributed by atoms with Gasteiger partial charge in [0, 0.05) is 24.8 Å². The first-order valence-electron chi connectivity index (χ1n) is 9.37. The molecule has 152 valence electrons. The van der Waals surface area contributed by atoms with Gasteiger partial charge in [0.25, 0.3) is 0 Å². The van der Waals surface area contributed by atoms with E-state index in [0.29, 0.717) is 12.5 Å². The number of hydrogen-bond acceptors (Lipinski definition) is 7. The maximum atomic E-state index is 5.37. The Morgan fingerprint density at radius 3 is 2.41 bits per heavy atom. The van der Waals surface area contributed by atoms with Crippen molar-refractivity contribution in [2.24, 2.45) is 0 Å². The number of nitrogens with one attached hydrogen (secondary N) is 2. The topological polar surface area (TPSA) is 77.5 Å². The van der Waals surface area contributed by atoms with Crippen molar-refractivity contribution in [1.29, 1.82) is 0 Å². The molecule has 0 bridgehead atoms. The van der Waals surface area contributed by atoms with E-state index in [1.807, 2.05) is 48.5 Å². The molecule has 0 amide bonds. The van der Waals surface area contributed by atoms with Crippen molar-refractivity contribution >= 4 is 11.8 Å². The number of anilines is 2. The molecule has 7 heteroatoms. The molecule has 0 saturated carbocycles. The Morgan fingerprint density at radius 2 is 1.62 bits per heavy atom. The van der Waals surface area contributed by atoms with Gasteiger partial charge in [-0.05, 0) is 36.2 Å². The summed E-state index contributed by atoms with van der Waals surface area (Å²) in [6, 6.07) is 15.7. The normalized spacial score (nSPS) is 10.3. The van der Waals surface area contributed by atoms with E-state index in [4.69, 9.17) is 14.2 Å². The molecule has 3 aromatic rings. The summed E-state index contributed by atoms with van der Waals surface area (Å²) in [7, 11) is 4.94. The van der Waals surface area contributed by atoms with Crippen LogP contribution in [0.15, 0.2) is 54.7 Å². The van der Waals surface area contributed by atoms with Gasteiger partial charge < -0.3 is 24.8 Å². The first kappa shape index (κ1) is 20.3. The number of benzene rings is 2. The van der Waals surface area contributed by atoms with Crippen molar-refractivity contribution in [3.8, 4) is 17.2 Å². The molecule has 0 atom stereocenters. The maximum Gasteiger partial charge on any atom is 0.224 e. The fourth-order valence-electron chi connectivity index (χ4n) is 2.94. The van der Waals surface area contributed by atoms with Crippen LogP contribution in [0.5, 0.6) is 17.2 Å². The van der Waals surface area contributed by atoms with Gasteiger partial charge in [-0.1, -0.05) is 24.3 Å². The smallest absolute Gasteiger partial charge is 0.224 e. The molecule has 1 heterocycles. The summed E-state index contributed by atoms with van der Waals surface area (Å²) >= 11 is 0. The van der Waals surface area contributed by atoms with Crippen LogP contribution in [0.25, 0.3) is 0 Å². The summed E-state index contributed by atoms with van der Waals surface area (Å²) in [4.78, 5) is 8.80. The van der Waals surface area contributed by atoms with E-state index in [9.17, 15) is 0 Å². The van der Waals surface area contributed by atoms with Gasteiger partial charge in [-0.15, -0.1) is 0 Å². The van der Waals surface area contributed by atoms with Crippen molar-refractivity contribution in [3.63, 3.8) is 0 Å². The molecule has 3 rings (SSSR count). The first-order chi connectivity index (χ1) is 14.2. The van der Waals surface area contributed by atoms with Crippen molar-refractivity contribution in [2.75, 3.05) is 38.5 Å². The third kappa shape index (κ3) is 5.51. The number of para-hydroxylation sites is 1. The molecule has 0 radical (unpaired) electrons. The second-order valence-corrected chi connectivity index (χ2v) is 6.30. The minimum atomic E-state index is 0.562. The lowest BCUT2D eigenvalue weighted by Gasteiger charge is -2.11. The molecule has 0 fully saturated rings. The van der Waals surface area contributed by atoms with Crippen LogP contribution < -0.4 is 24.8 Å². The number of rotatable bonds is 10. The maximum absolute atomic E-state index is 5.37. The largest absolute Gasteiger partial charge is 0.496 e. The van der Waals surface area contributed by atoms with Crippen LogP contribution in [0.4, 0.5) is 11.8 Å². The van der Waals surface area contributed by atoms with Crippen LogP contribution in [-0.4, -0.2) is 37.8 Å². The highest BCUT2D eigenvalue weighted by Gasteiger charge is 2.06. The zero-order chi connectivity index (χ0) is 20.5. The van der Waals surface area contributed by atoms with Gasteiger partial charge >= 0.3 is 0 Å². The molecule has 7 nitrogen and oxygen atoms in total. The zero-order valence-electron chi connectivity index (χ0n) is 16.9. The highest BCUT2D eigenvalue weighted by molar-refractivity contribution is 5.44. The summed E-state index contributed by atoms with van der Waals surface area (Å²) < 4.78 is 16.0. The van der Waals surface area contributed by atoms with Crippen LogP contribution in [0, 0.1) is 0 Å². The summed E-state index contributed by atoms with van der Waals surface area (Å²) in [5.74, 6) is 3.62. The predicted octanol–water partition coefficient (Wildman–Crippen LogP) is 3.77. The lowest BCUT2D eigenvalue weighted by atomic mass is 10.1. The van der Waals surface area contributed by atoms with Crippen molar-refractivity contribution in [3.05, 3.63) is 65.9 Å². The van der Waals surface area contributed by atoms with Gasteiger partial charge in [-0.25, -0.2) is 4.98 Å². The number of methoxy groups -OCH3 is 3. The summed E-state index contributed by atoms with van der Waals surface area (Å²) in [6.45, 7) is 1.32. The SMILES string of the molecule is COc1ccccc1CNc1nccc(NCCc2ccc(OC)c(OC)c2)n1. The lowest BCUT2D eigenvalue weighted by Crippen LogP contribution is -2.09. The van der Waals surface area contributed by atoms with Crippen LogP contribution in [0.1, 0.15) is 11.1 Å². The average Bonchev–Trinajstić information content (AvgIpc) is 2.78. The van der Waals surface area contributed by atoms with E-state index in [-0.39, 0.29) is 0 Å². The lowest BCUT2D eigenvalue weighted by molar-refractivity contribution is 0.354. The molecule has 0 aliphatic rings. The quantitative estimate of drug-likeness (QED) is 0.542. The van der Waals surface area contributed by atoms with Gasteiger partial charge in [-0.3, -0.25) is 0 Å². The number of hydrogen-bond donors (Lipinski definition) is 2. The van der Waals surface area contributed by atoms with Crippen LogP contribution in [0.3, 0.4) is 0 Å². The van der Waals surface area contributed by atoms with Gasteiger partial charge in [-0.2, -0.15) is 4.98 Å². The van der Waals surface area contributed by atoms with E-state index < -0.39 is 0 Å². The van der Waals surface area contributed by atoms with Crippen LogP contribution in [0.2, 0.25) is 0 Å². The summed E-state index contributed by atoms with van der Waals surface area (Å²) in [5, 5.41) is 6.57. The van der Waals surface area contributed by atoms with Gasteiger partial charge in [0.15, 0.2) is 11.5 Å². The number of aromatic nitrogens is 2. The van der Waals surface area contributed by atoms with Crippen LogP contribution >= 0.6 is 0 Å². The summed E-state index contributed by atoms with van der Waals surface area (Å²) in [5.41, 5.74) is 2.20. The Morgan fingerprint density at radius 1 is 0.828 bits per heavy atom. The highest BCUT2D eigenvalue weighted by atomic mass is 16.5. The standard InChI is InChI=1S/C22H26N4O3/c1-27-18-7-5-4-6-17(18)15-25-22-24-13-11-21(26-22)23-12-10-16-8-9-19(28-2)20(14-16)29-3/h4-9,11,13-14H,10,12,15H2,1-3H3,(H2,23,24,25,26). The number of nitrogens with zero attached hydrogens (tertiary/aromatic N) is 2. The monoisotopic (exact) mass is 394 g/mol. The Bertz CT molecular complexity index is 933. The average molecular weight is 394 g/mol. The Labute approximate surface area is 171 Å². The van der Waals surface area contributed by atoms with E-state index in [2.05, 4.69) is 20.6 Å². The van der Waals surface area contributed by atoms with Gasteiger partial charge in [0.1, 0.15) is 11.6 Å². The van der Waals surface area contributed by atoms with Crippen molar-refractivity contribution < 1.29 is 14.2 Å². The highest BCUT2D eigenvalue weighted by Crippen LogP contribution is 2.27. The predicted molar refractivity (Wildman–Crippen MR) is 114 cm³/mol. The zero-order valence-corrected chi connectivity index (χ0v) is 16.9. The second kappa shape index (κ2) is 10.2. The molecule has 1 aromatic heterocycles. The molecule has 2 aromatic carbocycles. The molecule has 0 spiro atoms. The molecule has 0 aliphatic heterocycles. The number of ether oxygens (including phenoxy) is 3.